The van der Waals surface area contributed by atoms with Crippen LogP contribution in [-0.4, -0.2) is 118 Å². The number of benzene rings is 6. The normalized spacial score (nSPS) is 30.5. The highest BCUT2D eigenvalue weighted by Crippen LogP contribution is 2.71. The van der Waals surface area contributed by atoms with Crippen molar-refractivity contribution >= 4 is 33.8 Å². The highest BCUT2D eigenvalue weighted by Gasteiger charge is 2.82. The van der Waals surface area contributed by atoms with Crippen LogP contribution in [0.5, 0.6) is 17.2 Å². The van der Waals surface area contributed by atoms with Crippen LogP contribution in [0.4, 0.5) is 0 Å². The first-order valence-electron chi connectivity index (χ1n) is 30.2. The van der Waals surface area contributed by atoms with E-state index in [9.17, 15) is 55.5 Å². The third-order valence-corrected chi connectivity index (χ3v) is 20.3. The highest BCUT2D eigenvalue weighted by atomic mass is 79.9. The molecule has 3 aromatic heterocycles. The summed E-state index contributed by atoms with van der Waals surface area (Å²) < 4.78 is 40.0. The van der Waals surface area contributed by atoms with Crippen LogP contribution in [0.1, 0.15) is 79.3 Å². The Kier molecular flexibility index (Phi) is 15.7. The van der Waals surface area contributed by atoms with Gasteiger partial charge in [0, 0.05) is 43.4 Å². The van der Waals surface area contributed by atoms with Gasteiger partial charge in [-0.25, -0.2) is 0 Å². The zero-order valence-electron chi connectivity index (χ0n) is 51.8. The van der Waals surface area contributed by atoms with Gasteiger partial charge in [-0.05, 0) is 69.8 Å². The van der Waals surface area contributed by atoms with Gasteiger partial charge in [-0.1, -0.05) is 143 Å². The Labute approximate surface area is 552 Å². The van der Waals surface area contributed by atoms with Gasteiger partial charge in [-0.3, -0.25) is 28.4 Å². The molecule has 6 heterocycles. The number of aryl methyl sites for hydroxylation is 3. The van der Waals surface area contributed by atoms with E-state index in [1.54, 1.807) is 88.3 Å². The summed E-state index contributed by atoms with van der Waals surface area (Å²) in [6, 6.07) is 52.2. The van der Waals surface area contributed by atoms with E-state index in [0.717, 1.165) is 10.0 Å². The fourth-order valence-electron chi connectivity index (χ4n) is 15.9. The predicted octanol–water partition coefficient (Wildman–Crippen LogP) is 6.04. The number of hydrogen-bond acceptors (Lipinski definition) is 20. The molecule has 484 valence electrons. The molecule has 15 rings (SSSR count). The molecule has 0 bridgehead atoms. The number of esters is 3. The molecule has 0 spiro atoms. The molecule has 24 heteroatoms. The first-order valence-corrected chi connectivity index (χ1v) is 31.0. The minimum Gasteiger partial charge on any atom is -0.475 e. The summed E-state index contributed by atoms with van der Waals surface area (Å²) >= 11 is 3.44. The number of fused-ring (bicyclic) bond motifs is 9. The van der Waals surface area contributed by atoms with Gasteiger partial charge in [-0.15, -0.1) is 0 Å². The first-order chi connectivity index (χ1) is 45.6. The van der Waals surface area contributed by atoms with Crippen molar-refractivity contribution in [3.05, 3.63) is 248 Å². The highest BCUT2D eigenvalue weighted by molar-refractivity contribution is 9.10. The lowest BCUT2D eigenvalue weighted by molar-refractivity contribution is -0.163. The van der Waals surface area contributed by atoms with E-state index in [-0.39, 0.29) is 17.1 Å². The standard InChI is InChI=1S/2C24H21N3O5.C23H21BrN2O5/c2*1-27-13-17-20(26-27)23(30)21(28)18(22(29)31-2)19(15-6-4-3-5-7-15)24(23,32-17)16-10-8-14(12-25)9-11-16;1-26-12-16-19(25-26)22(29)20(27)17(21(28)30-2)18(13-6-4-3-5-7-13)23(22,31-16)14-8-10-15(24)11-9-14/h2*3-11,13,18-19,21,28,30H,1-2H3;3-12,17-18,20,27,29H,1-2H3/t2*18-,19-,21-,23+,24+;17-,18-,20-,22+,23+/m111/s1. The van der Waals surface area contributed by atoms with Crippen LogP contribution >= 0.6 is 15.9 Å². The van der Waals surface area contributed by atoms with Crippen molar-refractivity contribution in [2.75, 3.05) is 21.3 Å². The van der Waals surface area contributed by atoms with Crippen molar-refractivity contribution in [2.45, 2.75) is 69.7 Å². The van der Waals surface area contributed by atoms with Gasteiger partial charge in [0.1, 0.15) is 35.4 Å². The quantitative estimate of drug-likeness (QED) is 0.0709. The van der Waals surface area contributed by atoms with Gasteiger partial charge in [0.05, 0.1) is 80.9 Å². The van der Waals surface area contributed by atoms with Crippen LogP contribution in [0.15, 0.2) is 187 Å². The minimum atomic E-state index is -2.04. The Morgan fingerprint density at radius 1 is 0.442 bits per heavy atom. The second kappa shape index (κ2) is 23.5. The third-order valence-electron chi connectivity index (χ3n) is 19.7. The fourth-order valence-corrected chi connectivity index (χ4v) is 16.2. The Morgan fingerprint density at radius 3 is 0.937 bits per heavy atom. The maximum atomic E-state index is 13.0. The van der Waals surface area contributed by atoms with Crippen molar-refractivity contribution < 1.29 is 73.4 Å². The summed E-state index contributed by atoms with van der Waals surface area (Å²) in [5.41, 5.74) is -5.55. The molecule has 3 aliphatic heterocycles. The van der Waals surface area contributed by atoms with Gasteiger partial charge >= 0.3 is 17.9 Å². The molecule has 6 aromatic carbocycles. The van der Waals surface area contributed by atoms with Gasteiger partial charge in [0.2, 0.25) is 0 Å². The van der Waals surface area contributed by atoms with E-state index < -0.39 is 105 Å². The Morgan fingerprint density at radius 2 is 0.695 bits per heavy atom. The van der Waals surface area contributed by atoms with Crippen molar-refractivity contribution in [1.29, 1.82) is 10.5 Å². The summed E-state index contributed by atoms with van der Waals surface area (Å²) in [6.07, 6.45) is 0.273. The van der Waals surface area contributed by atoms with Crippen LogP contribution < -0.4 is 14.2 Å². The Hall–Kier alpha value is -10.0. The first kappa shape index (κ1) is 63.7. The van der Waals surface area contributed by atoms with Crippen LogP contribution in [0.3, 0.4) is 0 Å². The van der Waals surface area contributed by atoms with Crippen molar-refractivity contribution in [1.82, 2.24) is 29.3 Å². The monoisotopic (exact) mass is 1350 g/mol. The predicted molar refractivity (Wildman–Crippen MR) is 337 cm³/mol. The number of halogens is 1. The average molecular weight is 1350 g/mol. The number of nitrogens with zero attached hydrogens (tertiary/aromatic N) is 8. The van der Waals surface area contributed by atoms with Crippen LogP contribution in [-0.2, 0) is 83.3 Å². The number of carbonyl (C=O) groups excluding carboxylic acids is 3. The maximum absolute atomic E-state index is 13.0. The molecule has 0 amide bonds. The van der Waals surface area contributed by atoms with Gasteiger partial charge < -0.3 is 59.1 Å². The number of nitriles is 2. The molecule has 9 aromatic rings. The van der Waals surface area contributed by atoms with Gasteiger partial charge in [0.25, 0.3) is 0 Å². The number of aliphatic hydroxyl groups excluding tert-OH is 3. The van der Waals surface area contributed by atoms with E-state index in [1.807, 2.05) is 115 Å². The summed E-state index contributed by atoms with van der Waals surface area (Å²) in [5.74, 6) is -6.60. The third kappa shape index (κ3) is 8.89. The lowest BCUT2D eigenvalue weighted by atomic mass is 9.71. The average Bonchev–Trinajstić information content (AvgIpc) is 1.52. The SMILES string of the molecule is COC(=O)[C@H]1[C@@H](O)[C@@]2(O)c3nn(C)cc3O[C@@]2(c2ccc(Br)cc2)[C@@H]1c1ccccc1.COC(=O)[C@H]1[C@@H](O)[C@@]2(O)c3nn(C)cc3O[C@@]2(c2ccc(C#N)cc2)[C@@H]1c1ccccc1.COC(=O)[C@H]1[C@@H](O)[C@@]2(O)c3nn(C)cc3O[C@@]2(c2ccc(C#N)cc2)[C@@H]1c1ccccc1. The molecule has 0 saturated heterocycles. The molecule has 6 N–H and O–H groups in total. The molecular weight excluding hydrogens is 1280 g/mol. The number of methoxy groups -OCH3 is 3. The number of rotatable bonds is 9. The van der Waals surface area contributed by atoms with Crippen LogP contribution in [0.25, 0.3) is 0 Å². The van der Waals surface area contributed by atoms with Crippen molar-refractivity contribution in [3.63, 3.8) is 0 Å². The van der Waals surface area contributed by atoms with E-state index in [4.69, 9.17) is 28.4 Å². The summed E-state index contributed by atoms with van der Waals surface area (Å²) in [5, 5.41) is 103. The molecule has 3 aliphatic carbocycles. The lowest BCUT2D eigenvalue weighted by Gasteiger charge is -2.40. The van der Waals surface area contributed by atoms with E-state index >= 15 is 0 Å². The Bertz CT molecular complexity index is 4330. The molecule has 3 saturated carbocycles. The van der Waals surface area contributed by atoms with E-state index in [1.165, 1.54) is 35.4 Å². The largest absolute Gasteiger partial charge is 0.475 e. The summed E-state index contributed by atoms with van der Waals surface area (Å²) in [7, 11) is 8.84. The number of hydrogen-bond donors (Lipinski definition) is 6. The molecule has 95 heavy (non-hydrogen) atoms. The molecule has 6 aliphatic rings. The molecule has 0 radical (unpaired) electrons. The molecule has 23 nitrogen and oxygen atoms in total. The number of aliphatic hydroxyl groups is 6. The summed E-state index contributed by atoms with van der Waals surface area (Å²) in [4.78, 5) is 38.9. The lowest BCUT2D eigenvalue weighted by Crippen LogP contribution is -2.52. The second-order valence-corrected chi connectivity index (χ2v) is 25.3. The molecule has 0 unspecified atom stereocenters. The minimum absolute atomic E-state index is 0.157. The van der Waals surface area contributed by atoms with Gasteiger partial charge in [-0.2, -0.15) is 25.8 Å². The second-order valence-electron chi connectivity index (χ2n) is 24.4. The maximum Gasteiger partial charge on any atom is 0.312 e. The zero-order chi connectivity index (χ0) is 67.3. The molecule has 3 fully saturated rings. The van der Waals surface area contributed by atoms with E-state index in [2.05, 4.69) is 43.4 Å². The van der Waals surface area contributed by atoms with Crippen molar-refractivity contribution in [3.8, 4) is 29.4 Å². The number of aromatic nitrogens is 6. The molecular formula is C71H63BrN8O15. The van der Waals surface area contributed by atoms with E-state index in [0.29, 0.717) is 56.2 Å². The Balaban J connectivity index is 0.000000129. The van der Waals surface area contributed by atoms with Gasteiger partial charge in [0.15, 0.2) is 50.9 Å². The number of ether oxygens (including phenoxy) is 6. The van der Waals surface area contributed by atoms with Crippen LogP contribution in [0, 0.1) is 40.4 Å². The van der Waals surface area contributed by atoms with Crippen LogP contribution in [0.2, 0.25) is 0 Å². The smallest absolute Gasteiger partial charge is 0.312 e. The fraction of sp³-hybridized carbons (Fsp3) is 0.296. The zero-order valence-corrected chi connectivity index (χ0v) is 53.4. The van der Waals surface area contributed by atoms with Crippen molar-refractivity contribution in [2.24, 2.45) is 38.9 Å². The summed E-state index contributed by atoms with van der Waals surface area (Å²) in [6.45, 7) is 0. The number of carbonyl (C=O) groups is 3. The topological polar surface area (TPSA) is 329 Å². The molecule has 15 atom stereocenters.